The molecule has 28 heavy (non-hydrogen) atoms. The lowest BCUT2D eigenvalue weighted by molar-refractivity contribution is -0.118. The fourth-order valence-electron chi connectivity index (χ4n) is 3.89. The number of nitrogens with zero attached hydrogens (tertiary/aromatic N) is 2. The van der Waals surface area contributed by atoms with Crippen molar-refractivity contribution in [2.45, 2.75) is 25.8 Å². The number of rotatable bonds is 3. The highest BCUT2D eigenvalue weighted by atomic mass is 16.2. The Morgan fingerprint density at radius 2 is 1.86 bits per heavy atom. The van der Waals surface area contributed by atoms with Crippen LogP contribution in [0.15, 0.2) is 54.6 Å². The second-order valence-corrected chi connectivity index (χ2v) is 7.17. The van der Waals surface area contributed by atoms with Crippen LogP contribution in [-0.4, -0.2) is 27.6 Å². The van der Waals surface area contributed by atoms with E-state index in [0.29, 0.717) is 11.4 Å². The molecule has 2 N–H and O–H groups in total. The van der Waals surface area contributed by atoms with Crippen LogP contribution in [0, 0.1) is 13.8 Å². The van der Waals surface area contributed by atoms with Crippen molar-refractivity contribution >= 4 is 17.6 Å². The number of anilines is 1. The summed E-state index contributed by atoms with van der Waals surface area (Å²) in [7, 11) is 1.81. The van der Waals surface area contributed by atoms with Crippen LogP contribution in [0.5, 0.6) is 0 Å². The van der Waals surface area contributed by atoms with Crippen molar-refractivity contribution in [3.63, 3.8) is 0 Å². The summed E-state index contributed by atoms with van der Waals surface area (Å²) < 4.78 is 1.68. The van der Waals surface area contributed by atoms with E-state index >= 15 is 0 Å². The zero-order valence-corrected chi connectivity index (χ0v) is 16.1. The highest BCUT2D eigenvalue weighted by Gasteiger charge is 2.41. The van der Waals surface area contributed by atoms with E-state index in [2.05, 4.69) is 21.8 Å². The molecule has 0 unspecified atom stereocenters. The molecule has 1 aromatic heterocycles. The van der Waals surface area contributed by atoms with Crippen molar-refractivity contribution in [2.75, 3.05) is 5.32 Å². The molecule has 0 spiro atoms. The van der Waals surface area contributed by atoms with E-state index in [9.17, 15) is 9.59 Å². The first-order valence-corrected chi connectivity index (χ1v) is 9.22. The molecular formula is C22H22N4O2. The van der Waals surface area contributed by atoms with Gasteiger partial charge in [0.15, 0.2) is 0 Å². The molecule has 6 heteroatoms. The fourth-order valence-corrected chi connectivity index (χ4v) is 3.89. The van der Waals surface area contributed by atoms with Gasteiger partial charge in [-0.3, -0.25) is 14.3 Å². The Balaban J connectivity index is 1.80. The van der Waals surface area contributed by atoms with Gasteiger partial charge in [-0.25, -0.2) is 0 Å². The summed E-state index contributed by atoms with van der Waals surface area (Å²) in [5.74, 6) is -0.154. The summed E-state index contributed by atoms with van der Waals surface area (Å²) in [6, 6.07) is 16.2. The van der Waals surface area contributed by atoms with Crippen LogP contribution in [-0.2, 0) is 11.8 Å². The molecule has 2 heterocycles. The van der Waals surface area contributed by atoms with E-state index in [1.54, 1.807) is 28.9 Å². The number of carbonyl (C=O) groups excluding carboxylic acids is 2. The standard InChI is InChI=1S/C22H22N4O2/c1-13-8-7-11-16(12-13)18-17-14(2)25-26(3)20(17)24-22(28)19(18)23-21(27)15-9-5-4-6-10-15/h4-12,18-19H,1-3H3,(H,23,27)(H,24,28)/t18-,19+/m0/s1. The lowest BCUT2D eigenvalue weighted by Gasteiger charge is -2.32. The summed E-state index contributed by atoms with van der Waals surface area (Å²) in [5, 5.41) is 10.3. The normalized spacial score (nSPS) is 18.3. The number of hydrogen-bond donors (Lipinski definition) is 2. The smallest absolute Gasteiger partial charge is 0.251 e. The second-order valence-electron chi connectivity index (χ2n) is 7.17. The predicted octanol–water partition coefficient (Wildman–Crippen LogP) is 2.92. The van der Waals surface area contributed by atoms with E-state index in [0.717, 1.165) is 22.4 Å². The van der Waals surface area contributed by atoms with Crippen LogP contribution in [0.2, 0.25) is 0 Å². The molecule has 142 valence electrons. The van der Waals surface area contributed by atoms with Crippen molar-refractivity contribution in [1.82, 2.24) is 15.1 Å². The molecule has 0 saturated carbocycles. The maximum Gasteiger partial charge on any atom is 0.251 e. The van der Waals surface area contributed by atoms with E-state index < -0.39 is 6.04 Å². The maximum absolute atomic E-state index is 13.0. The molecule has 2 atom stereocenters. The lowest BCUT2D eigenvalue weighted by Crippen LogP contribution is -2.50. The molecule has 0 radical (unpaired) electrons. The van der Waals surface area contributed by atoms with Gasteiger partial charge in [0.05, 0.1) is 5.69 Å². The van der Waals surface area contributed by atoms with Crippen LogP contribution in [0.25, 0.3) is 0 Å². The van der Waals surface area contributed by atoms with Gasteiger partial charge in [-0.15, -0.1) is 0 Å². The highest BCUT2D eigenvalue weighted by molar-refractivity contribution is 6.03. The lowest BCUT2D eigenvalue weighted by atomic mass is 9.81. The SMILES string of the molecule is Cc1cccc([C@H]2c3c(C)nn(C)c3NC(=O)[C@@H]2NC(=O)c2ccccc2)c1. The van der Waals surface area contributed by atoms with Crippen molar-refractivity contribution < 1.29 is 9.59 Å². The Hall–Kier alpha value is -3.41. The van der Waals surface area contributed by atoms with E-state index in [1.165, 1.54) is 0 Å². The largest absolute Gasteiger partial charge is 0.339 e. The fraction of sp³-hybridized carbons (Fsp3) is 0.227. The number of aromatic nitrogens is 2. The minimum atomic E-state index is -0.732. The molecular weight excluding hydrogens is 352 g/mol. The van der Waals surface area contributed by atoms with Crippen molar-refractivity contribution in [3.05, 3.63) is 82.5 Å². The molecule has 1 aliphatic rings. The summed E-state index contributed by atoms with van der Waals surface area (Å²) in [4.78, 5) is 25.8. The average Bonchev–Trinajstić information content (AvgIpc) is 2.96. The van der Waals surface area contributed by atoms with Gasteiger partial charge in [0, 0.05) is 24.1 Å². The van der Waals surface area contributed by atoms with E-state index in [4.69, 9.17) is 0 Å². The second kappa shape index (κ2) is 6.96. The number of fused-ring (bicyclic) bond motifs is 1. The third-order valence-electron chi connectivity index (χ3n) is 5.16. The molecule has 3 aromatic rings. The topological polar surface area (TPSA) is 76.0 Å². The first-order valence-electron chi connectivity index (χ1n) is 9.22. The van der Waals surface area contributed by atoms with Gasteiger partial charge < -0.3 is 10.6 Å². The molecule has 1 aliphatic heterocycles. The average molecular weight is 374 g/mol. The van der Waals surface area contributed by atoms with Crippen LogP contribution >= 0.6 is 0 Å². The maximum atomic E-state index is 13.0. The molecule has 2 amide bonds. The van der Waals surface area contributed by atoms with Crippen molar-refractivity contribution in [1.29, 1.82) is 0 Å². The Kier molecular flexibility index (Phi) is 4.47. The van der Waals surface area contributed by atoms with E-state index in [-0.39, 0.29) is 17.7 Å². The Morgan fingerprint density at radius 1 is 1.11 bits per heavy atom. The molecule has 0 saturated heterocycles. The van der Waals surface area contributed by atoms with Crippen molar-refractivity contribution in [3.8, 4) is 0 Å². The van der Waals surface area contributed by atoms with Crippen LogP contribution < -0.4 is 10.6 Å². The quantitative estimate of drug-likeness (QED) is 0.740. The third-order valence-corrected chi connectivity index (χ3v) is 5.16. The predicted molar refractivity (Wildman–Crippen MR) is 107 cm³/mol. The first-order chi connectivity index (χ1) is 13.5. The molecule has 0 fully saturated rings. The molecule has 4 rings (SSSR count). The number of nitrogens with one attached hydrogen (secondary N) is 2. The van der Waals surface area contributed by atoms with Gasteiger partial charge in [0.1, 0.15) is 11.9 Å². The van der Waals surface area contributed by atoms with Crippen LogP contribution in [0.4, 0.5) is 5.82 Å². The number of carbonyl (C=O) groups is 2. The van der Waals surface area contributed by atoms with Crippen molar-refractivity contribution in [2.24, 2.45) is 7.05 Å². The van der Waals surface area contributed by atoms with Crippen LogP contribution in [0.3, 0.4) is 0 Å². The van der Waals surface area contributed by atoms with Crippen LogP contribution in [0.1, 0.15) is 38.7 Å². The molecule has 2 aromatic carbocycles. The number of benzene rings is 2. The number of amides is 2. The molecule has 6 nitrogen and oxygen atoms in total. The number of aryl methyl sites for hydroxylation is 3. The summed E-state index contributed by atoms with van der Waals surface area (Å²) >= 11 is 0. The third kappa shape index (κ3) is 3.07. The van der Waals surface area contributed by atoms with E-state index in [1.807, 2.05) is 45.2 Å². The minimum absolute atomic E-state index is 0.244. The Labute approximate surface area is 163 Å². The van der Waals surface area contributed by atoms with Gasteiger partial charge in [-0.1, -0.05) is 48.0 Å². The zero-order chi connectivity index (χ0) is 19.8. The first kappa shape index (κ1) is 18.0. The van der Waals surface area contributed by atoms with Gasteiger partial charge in [-0.2, -0.15) is 5.10 Å². The zero-order valence-electron chi connectivity index (χ0n) is 16.1. The van der Waals surface area contributed by atoms with Gasteiger partial charge in [-0.05, 0) is 31.5 Å². The minimum Gasteiger partial charge on any atom is -0.339 e. The van der Waals surface area contributed by atoms with Gasteiger partial charge >= 0.3 is 0 Å². The summed E-state index contributed by atoms with van der Waals surface area (Å²) in [6.45, 7) is 3.94. The summed E-state index contributed by atoms with van der Waals surface area (Å²) in [5.41, 5.74) is 4.37. The monoisotopic (exact) mass is 374 g/mol. The number of hydrogen-bond acceptors (Lipinski definition) is 3. The molecule has 0 bridgehead atoms. The van der Waals surface area contributed by atoms with Gasteiger partial charge in [0.2, 0.25) is 5.91 Å². The summed E-state index contributed by atoms with van der Waals surface area (Å²) in [6.07, 6.45) is 0. The highest BCUT2D eigenvalue weighted by Crippen LogP contribution is 2.39. The Bertz CT molecular complexity index is 1060. The Morgan fingerprint density at radius 3 is 2.57 bits per heavy atom. The van der Waals surface area contributed by atoms with Gasteiger partial charge in [0.25, 0.3) is 5.91 Å². The molecule has 0 aliphatic carbocycles.